The van der Waals surface area contributed by atoms with Crippen LogP contribution in [0.2, 0.25) is 0 Å². The molecule has 3 rings (SSSR count). The van der Waals surface area contributed by atoms with E-state index in [1.165, 1.54) is 61.0 Å². The highest BCUT2D eigenvalue weighted by Crippen LogP contribution is 2.32. The fourth-order valence-corrected chi connectivity index (χ4v) is 3.77. The fraction of sp³-hybridized carbons (Fsp3) is 0.524. The molecule has 0 N–H and O–H groups in total. The Morgan fingerprint density at radius 2 is 1.96 bits per heavy atom. The first-order chi connectivity index (χ1) is 11.8. The van der Waals surface area contributed by atoms with E-state index in [0.717, 1.165) is 13.0 Å². The van der Waals surface area contributed by atoms with Gasteiger partial charge in [0, 0.05) is 18.9 Å². The molecule has 0 aromatic carbocycles. The van der Waals surface area contributed by atoms with Gasteiger partial charge in [-0.3, -0.25) is 14.9 Å². The zero-order chi connectivity index (χ0) is 16.8. The third kappa shape index (κ3) is 4.02. The molecule has 128 valence electrons. The van der Waals surface area contributed by atoms with Gasteiger partial charge in [-0.2, -0.15) is 0 Å². The summed E-state index contributed by atoms with van der Waals surface area (Å²) in [5, 5.41) is 0. The SMILES string of the molecule is CCCCCc1cccnc1CN(C)C1CCCc2cccnc21. The van der Waals surface area contributed by atoms with Crippen LogP contribution in [-0.4, -0.2) is 21.9 Å². The molecule has 1 aliphatic carbocycles. The van der Waals surface area contributed by atoms with Crippen LogP contribution in [0.15, 0.2) is 36.7 Å². The normalized spacial score (nSPS) is 17.0. The maximum atomic E-state index is 4.69. The van der Waals surface area contributed by atoms with E-state index < -0.39 is 0 Å². The molecule has 0 aliphatic heterocycles. The number of nitrogens with zero attached hydrogens (tertiary/aromatic N) is 3. The van der Waals surface area contributed by atoms with E-state index in [4.69, 9.17) is 0 Å². The molecule has 0 saturated carbocycles. The highest BCUT2D eigenvalue weighted by atomic mass is 15.1. The van der Waals surface area contributed by atoms with Gasteiger partial charge >= 0.3 is 0 Å². The molecule has 1 aliphatic rings. The van der Waals surface area contributed by atoms with Crippen molar-refractivity contribution in [3.63, 3.8) is 0 Å². The van der Waals surface area contributed by atoms with Gasteiger partial charge in [0.25, 0.3) is 0 Å². The number of hydrogen-bond donors (Lipinski definition) is 0. The second-order valence-electron chi connectivity index (χ2n) is 6.94. The van der Waals surface area contributed by atoms with Crippen LogP contribution in [-0.2, 0) is 19.4 Å². The van der Waals surface area contributed by atoms with Crippen LogP contribution in [0, 0.1) is 0 Å². The summed E-state index contributed by atoms with van der Waals surface area (Å²) in [5.74, 6) is 0. The molecule has 3 heteroatoms. The molecule has 2 aromatic heterocycles. The Morgan fingerprint density at radius 1 is 1.12 bits per heavy atom. The van der Waals surface area contributed by atoms with Crippen molar-refractivity contribution in [3.8, 4) is 0 Å². The first-order valence-corrected chi connectivity index (χ1v) is 9.36. The number of unbranched alkanes of at least 4 members (excludes halogenated alkanes) is 2. The quantitative estimate of drug-likeness (QED) is 0.690. The topological polar surface area (TPSA) is 29.0 Å². The molecule has 0 saturated heterocycles. The maximum Gasteiger partial charge on any atom is 0.0607 e. The summed E-state index contributed by atoms with van der Waals surface area (Å²) in [7, 11) is 2.22. The molecule has 0 radical (unpaired) electrons. The van der Waals surface area contributed by atoms with Crippen LogP contribution in [0.5, 0.6) is 0 Å². The lowest BCUT2D eigenvalue weighted by Crippen LogP contribution is -2.29. The summed E-state index contributed by atoms with van der Waals surface area (Å²) in [6, 6.07) is 9.03. The van der Waals surface area contributed by atoms with Crippen molar-refractivity contribution in [2.45, 2.75) is 64.5 Å². The maximum absolute atomic E-state index is 4.69. The minimum Gasteiger partial charge on any atom is -0.292 e. The molecule has 24 heavy (non-hydrogen) atoms. The van der Waals surface area contributed by atoms with Crippen molar-refractivity contribution in [2.24, 2.45) is 0 Å². The highest BCUT2D eigenvalue weighted by molar-refractivity contribution is 5.26. The lowest BCUT2D eigenvalue weighted by atomic mass is 9.91. The van der Waals surface area contributed by atoms with Crippen LogP contribution in [0.3, 0.4) is 0 Å². The van der Waals surface area contributed by atoms with E-state index in [2.05, 4.69) is 53.1 Å². The average molecular weight is 323 g/mol. The average Bonchev–Trinajstić information content (AvgIpc) is 2.63. The van der Waals surface area contributed by atoms with Gasteiger partial charge in [-0.1, -0.05) is 31.9 Å². The summed E-state index contributed by atoms with van der Waals surface area (Å²) in [5.41, 5.74) is 5.34. The van der Waals surface area contributed by atoms with Gasteiger partial charge in [0.1, 0.15) is 0 Å². The molecule has 0 fully saturated rings. The summed E-state index contributed by atoms with van der Waals surface area (Å²) >= 11 is 0. The molecular formula is C21H29N3. The van der Waals surface area contributed by atoms with Gasteiger partial charge in [0.2, 0.25) is 0 Å². The summed E-state index contributed by atoms with van der Waals surface area (Å²) in [6.07, 6.45) is 12.4. The Balaban J connectivity index is 1.73. The third-order valence-electron chi connectivity index (χ3n) is 5.13. The van der Waals surface area contributed by atoms with E-state index in [9.17, 15) is 0 Å². The molecular weight excluding hydrogens is 294 g/mol. The second-order valence-corrected chi connectivity index (χ2v) is 6.94. The fourth-order valence-electron chi connectivity index (χ4n) is 3.77. The Hall–Kier alpha value is -1.74. The Kier molecular flexibility index (Phi) is 5.97. The van der Waals surface area contributed by atoms with E-state index in [1.54, 1.807) is 0 Å². The monoisotopic (exact) mass is 323 g/mol. The van der Waals surface area contributed by atoms with Gasteiger partial charge in [0.15, 0.2) is 0 Å². The van der Waals surface area contributed by atoms with Gasteiger partial charge in [0.05, 0.1) is 17.4 Å². The second kappa shape index (κ2) is 8.39. The zero-order valence-corrected chi connectivity index (χ0v) is 15.0. The van der Waals surface area contributed by atoms with Gasteiger partial charge < -0.3 is 0 Å². The summed E-state index contributed by atoms with van der Waals surface area (Å²) < 4.78 is 0. The zero-order valence-electron chi connectivity index (χ0n) is 15.0. The van der Waals surface area contributed by atoms with E-state index in [1.807, 2.05) is 12.4 Å². The predicted octanol–water partition coefficient (Wildman–Crippen LogP) is 4.72. The summed E-state index contributed by atoms with van der Waals surface area (Å²) in [4.78, 5) is 11.8. The van der Waals surface area contributed by atoms with Gasteiger partial charge in [-0.25, -0.2) is 0 Å². The molecule has 3 nitrogen and oxygen atoms in total. The first-order valence-electron chi connectivity index (χ1n) is 9.36. The molecule has 2 aromatic rings. The Labute approximate surface area is 146 Å². The largest absolute Gasteiger partial charge is 0.292 e. The van der Waals surface area contributed by atoms with Crippen LogP contribution < -0.4 is 0 Å². The minimum absolute atomic E-state index is 0.417. The smallest absolute Gasteiger partial charge is 0.0607 e. The molecule has 0 bridgehead atoms. The molecule has 2 heterocycles. The molecule has 1 atom stereocenters. The number of aromatic nitrogens is 2. The predicted molar refractivity (Wildman–Crippen MR) is 98.8 cm³/mol. The number of aryl methyl sites for hydroxylation is 2. The Bertz CT molecular complexity index is 653. The number of hydrogen-bond acceptors (Lipinski definition) is 3. The Morgan fingerprint density at radius 3 is 2.83 bits per heavy atom. The van der Waals surface area contributed by atoms with Crippen LogP contribution in [0.25, 0.3) is 0 Å². The van der Waals surface area contributed by atoms with Crippen molar-refractivity contribution in [3.05, 3.63) is 59.2 Å². The molecule has 1 unspecified atom stereocenters. The number of pyridine rings is 2. The lowest BCUT2D eigenvalue weighted by Gasteiger charge is -2.32. The van der Waals surface area contributed by atoms with E-state index >= 15 is 0 Å². The first kappa shape index (κ1) is 17.1. The van der Waals surface area contributed by atoms with Crippen LogP contribution in [0.4, 0.5) is 0 Å². The van der Waals surface area contributed by atoms with Crippen molar-refractivity contribution in [2.75, 3.05) is 7.05 Å². The summed E-state index contributed by atoms with van der Waals surface area (Å²) in [6.45, 7) is 3.16. The van der Waals surface area contributed by atoms with E-state index in [0.29, 0.717) is 6.04 Å². The van der Waals surface area contributed by atoms with Crippen LogP contribution in [0.1, 0.15) is 67.6 Å². The van der Waals surface area contributed by atoms with Crippen molar-refractivity contribution >= 4 is 0 Å². The van der Waals surface area contributed by atoms with E-state index in [-0.39, 0.29) is 0 Å². The van der Waals surface area contributed by atoms with Gasteiger partial charge in [-0.15, -0.1) is 0 Å². The lowest BCUT2D eigenvalue weighted by molar-refractivity contribution is 0.205. The van der Waals surface area contributed by atoms with Crippen molar-refractivity contribution < 1.29 is 0 Å². The minimum atomic E-state index is 0.417. The molecule has 0 spiro atoms. The van der Waals surface area contributed by atoms with Gasteiger partial charge in [-0.05, 0) is 62.4 Å². The third-order valence-corrected chi connectivity index (χ3v) is 5.13. The highest BCUT2D eigenvalue weighted by Gasteiger charge is 2.25. The molecule has 0 amide bonds. The van der Waals surface area contributed by atoms with Crippen LogP contribution >= 0.6 is 0 Å². The van der Waals surface area contributed by atoms with Crippen molar-refractivity contribution in [1.82, 2.24) is 14.9 Å². The standard InChI is InChI=1S/C21H29N3/c1-3-4-5-9-17-11-7-14-22-19(17)16-24(2)20-13-6-10-18-12-8-15-23-21(18)20/h7-8,11-12,14-15,20H,3-6,9-10,13,16H2,1-2H3. The number of fused-ring (bicyclic) bond motifs is 1. The number of rotatable bonds is 7. The van der Waals surface area contributed by atoms with Crippen molar-refractivity contribution in [1.29, 1.82) is 0 Å².